The van der Waals surface area contributed by atoms with Gasteiger partial charge in [-0.25, -0.2) is 0 Å². The van der Waals surface area contributed by atoms with Crippen molar-refractivity contribution in [3.63, 3.8) is 0 Å². The van der Waals surface area contributed by atoms with Gasteiger partial charge in [0.25, 0.3) is 0 Å². The average molecular weight is 275 g/mol. The van der Waals surface area contributed by atoms with Crippen LogP contribution in [0.4, 0.5) is 0 Å². The summed E-state index contributed by atoms with van der Waals surface area (Å²) in [4.78, 5) is 13.3. The fraction of sp³-hybridized carbons (Fsp3) is 0.438. The van der Waals surface area contributed by atoms with Gasteiger partial charge in [0.2, 0.25) is 0 Å². The lowest BCUT2D eigenvalue weighted by Gasteiger charge is -2.38. The summed E-state index contributed by atoms with van der Waals surface area (Å²) in [5.41, 5.74) is 1.24. The van der Waals surface area contributed by atoms with E-state index in [0.717, 1.165) is 13.1 Å². The van der Waals surface area contributed by atoms with E-state index in [1.54, 1.807) is 0 Å². The number of nitrogens with zero attached hydrogens (tertiary/aromatic N) is 1. The fourth-order valence-electron chi connectivity index (χ4n) is 2.29. The van der Waals surface area contributed by atoms with Crippen LogP contribution in [0, 0.1) is 0 Å². The Morgan fingerprint density at radius 1 is 1.50 bits per heavy atom. The van der Waals surface area contributed by atoms with E-state index >= 15 is 0 Å². The predicted molar refractivity (Wildman–Crippen MR) is 77.2 cm³/mol. The van der Waals surface area contributed by atoms with Crippen molar-refractivity contribution in [3.8, 4) is 0 Å². The molecule has 0 spiro atoms. The Balaban J connectivity index is 2.01. The summed E-state index contributed by atoms with van der Waals surface area (Å²) in [5.74, 6) is -0.254. The third-order valence-corrected chi connectivity index (χ3v) is 3.40. The summed E-state index contributed by atoms with van der Waals surface area (Å²) in [6.45, 7) is 7.72. The average Bonchev–Trinajstić information content (AvgIpc) is 2.46. The van der Waals surface area contributed by atoms with Crippen LogP contribution in [0.25, 0.3) is 0 Å². The maximum Gasteiger partial charge on any atom is 0.302 e. The van der Waals surface area contributed by atoms with Crippen LogP contribution in [0.3, 0.4) is 0 Å². The normalized spacial score (nSPS) is 23.2. The van der Waals surface area contributed by atoms with Gasteiger partial charge >= 0.3 is 5.97 Å². The number of carbonyl (C=O) groups is 1. The molecule has 1 aromatic carbocycles. The first-order valence-corrected chi connectivity index (χ1v) is 6.84. The fourth-order valence-corrected chi connectivity index (χ4v) is 2.29. The summed E-state index contributed by atoms with van der Waals surface area (Å²) in [6.07, 6.45) is 1.85. The molecule has 0 amide bonds. The lowest BCUT2D eigenvalue weighted by molar-refractivity contribution is -0.146. The molecule has 108 valence electrons. The molecular weight excluding hydrogens is 254 g/mol. The van der Waals surface area contributed by atoms with Gasteiger partial charge in [0.05, 0.1) is 18.8 Å². The lowest BCUT2D eigenvalue weighted by Crippen LogP contribution is -2.50. The van der Waals surface area contributed by atoms with Crippen molar-refractivity contribution in [2.24, 2.45) is 0 Å². The summed E-state index contributed by atoms with van der Waals surface area (Å²) < 4.78 is 10.8. The molecule has 0 aliphatic carbocycles. The standard InChI is InChI=1S/C16H21NO3/c1-3-16-10-17(9-14-7-5-4-6-8-14)15(12-20-16)11-19-13(2)18/h3-8,15-16H,1,9-12H2,2H3/t15-,16+/m1/s1. The Bertz CT molecular complexity index is 446. The molecule has 0 unspecified atom stereocenters. The molecule has 2 rings (SSSR count). The zero-order valence-corrected chi connectivity index (χ0v) is 11.8. The Hall–Kier alpha value is -1.65. The largest absolute Gasteiger partial charge is 0.464 e. The van der Waals surface area contributed by atoms with Crippen molar-refractivity contribution in [2.75, 3.05) is 19.8 Å². The smallest absolute Gasteiger partial charge is 0.302 e. The quantitative estimate of drug-likeness (QED) is 0.608. The third kappa shape index (κ3) is 4.18. The summed E-state index contributed by atoms with van der Waals surface area (Å²) in [5, 5.41) is 0. The van der Waals surface area contributed by atoms with E-state index in [9.17, 15) is 4.79 Å². The van der Waals surface area contributed by atoms with Crippen LogP contribution >= 0.6 is 0 Å². The van der Waals surface area contributed by atoms with Gasteiger partial charge in [0.15, 0.2) is 0 Å². The van der Waals surface area contributed by atoms with Crippen LogP contribution in [0.1, 0.15) is 12.5 Å². The zero-order chi connectivity index (χ0) is 14.4. The zero-order valence-electron chi connectivity index (χ0n) is 11.8. The number of esters is 1. The minimum Gasteiger partial charge on any atom is -0.464 e. The van der Waals surface area contributed by atoms with E-state index < -0.39 is 0 Å². The minimum atomic E-state index is -0.254. The van der Waals surface area contributed by atoms with E-state index in [4.69, 9.17) is 9.47 Å². The van der Waals surface area contributed by atoms with Gasteiger partial charge in [0.1, 0.15) is 6.61 Å². The van der Waals surface area contributed by atoms with Crippen LogP contribution in [0.15, 0.2) is 43.0 Å². The second-order valence-electron chi connectivity index (χ2n) is 4.98. The Morgan fingerprint density at radius 2 is 2.25 bits per heavy atom. The van der Waals surface area contributed by atoms with Gasteiger partial charge in [-0.3, -0.25) is 9.69 Å². The second-order valence-corrected chi connectivity index (χ2v) is 4.98. The SMILES string of the molecule is C=C[C@H]1CN(Cc2ccccc2)[C@H](COC(C)=O)CO1. The highest BCUT2D eigenvalue weighted by Crippen LogP contribution is 2.16. The van der Waals surface area contributed by atoms with E-state index in [0.29, 0.717) is 13.2 Å². The number of hydrogen-bond donors (Lipinski definition) is 0. The number of carbonyl (C=O) groups excluding carboxylic acids is 1. The highest BCUT2D eigenvalue weighted by atomic mass is 16.5. The highest BCUT2D eigenvalue weighted by molar-refractivity contribution is 5.65. The van der Waals surface area contributed by atoms with Crippen molar-refractivity contribution in [1.29, 1.82) is 0 Å². The molecule has 4 heteroatoms. The van der Waals surface area contributed by atoms with Crippen LogP contribution in [0.5, 0.6) is 0 Å². The number of hydrogen-bond acceptors (Lipinski definition) is 4. The molecule has 0 aromatic heterocycles. The number of morpholine rings is 1. The molecule has 4 nitrogen and oxygen atoms in total. The van der Waals surface area contributed by atoms with Gasteiger partial charge in [-0.05, 0) is 5.56 Å². The summed E-state index contributed by atoms with van der Waals surface area (Å²) >= 11 is 0. The Morgan fingerprint density at radius 3 is 2.90 bits per heavy atom. The molecule has 1 aromatic rings. The molecule has 1 heterocycles. The summed E-state index contributed by atoms with van der Waals surface area (Å²) in [7, 11) is 0. The van der Waals surface area contributed by atoms with E-state index in [1.807, 2.05) is 24.3 Å². The first kappa shape index (κ1) is 14.8. The van der Waals surface area contributed by atoms with Crippen molar-refractivity contribution < 1.29 is 14.3 Å². The van der Waals surface area contributed by atoms with Crippen molar-refractivity contribution in [1.82, 2.24) is 4.90 Å². The van der Waals surface area contributed by atoms with Crippen LogP contribution < -0.4 is 0 Å². The maximum atomic E-state index is 11.0. The molecule has 0 saturated carbocycles. The molecule has 0 N–H and O–H groups in total. The van der Waals surface area contributed by atoms with Crippen molar-refractivity contribution in [2.45, 2.75) is 25.6 Å². The number of rotatable bonds is 5. The van der Waals surface area contributed by atoms with Crippen molar-refractivity contribution >= 4 is 5.97 Å². The van der Waals surface area contributed by atoms with Gasteiger partial charge in [-0.1, -0.05) is 36.4 Å². The van der Waals surface area contributed by atoms with E-state index in [1.165, 1.54) is 12.5 Å². The molecule has 2 atom stereocenters. The monoisotopic (exact) mass is 275 g/mol. The topological polar surface area (TPSA) is 38.8 Å². The Labute approximate surface area is 120 Å². The molecule has 0 radical (unpaired) electrons. The Kier molecular flexibility index (Phi) is 5.32. The van der Waals surface area contributed by atoms with Crippen molar-refractivity contribution in [3.05, 3.63) is 48.6 Å². The lowest BCUT2D eigenvalue weighted by atomic mass is 10.1. The number of ether oxygens (including phenoxy) is 2. The maximum absolute atomic E-state index is 11.0. The molecule has 0 bridgehead atoms. The van der Waals surface area contributed by atoms with Crippen LogP contribution in [-0.2, 0) is 20.8 Å². The predicted octanol–water partition coefficient (Wildman–Crippen LogP) is 2.01. The minimum absolute atomic E-state index is 0.0345. The highest BCUT2D eigenvalue weighted by Gasteiger charge is 2.28. The molecule has 20 heavy (non-hydrogen) atoms. The second kappa shape index (κ2) is 7.22. The van der Waals surface area contributed by atoms with E-state index in [-0.39, 0.29) is 18.1 Å². The molecule has 1 saturated heterocycles. The first-order chi connectivity index (χ1) is 9.69. The van der Waals surface area contributed by atoms with E-state index in [2.05, 4.69) is 23.6 Å². The van der Waals surface area contributed by atoms with Gasteiger partial charge in [0, 0.05) is 20.0 Å². The summed E-state index contributed by atoms with van der Waals surface area (Å²) in [6, 6.07) is 10.4. The molecule has 1 aliphatic heterocycles. The third-order valence-electron chi connectivity index (χ3n) is 3.40. The first-order valence-electron chi connectivity index (χ1n) is 6.84. The molecular formula is C16H21NO3. The van der Waals surface area contributed by atoms with Gasteiger partial charge in [-0.15, -0.1) is 6.58 Å². The van der Waals surface area contributed by atoms with Crippen LogP contribution in [0.2, 0.25) is 0 Å². The van der Waals surface area contributed by atoms with Gasteiger partial charge < -0.3 is 9.47 Å². The molecule has 1 aliphatic rings. The van der Waals surface area contributed by atoms with Gasteiger partial charge in [-0.2, -0.15) is 0 Å². The molecule has 1 fully saturated rings. The van der Waals surface area contributed by atoms with Crippen LogP contribution in [-0.4, -0.2) is 42.8 Å². The number of benzene rings is 1.